The normalized spacial score (nSPS) is 20.9. The van der Waals surface area contributed by atoms with E-state index >= 15 is 0 Å². The summed E-state index contributed by atoms with van der Waals surface area (Å²) in [6.07, 6.45) is 8.58. The molecule has 3 aliphatic rings. The van der Waals surface area contributed by atoms with Crippen LogP contribution in [0.1, 0.15) is 67.8 Å². The van der Waals surface area contributed by atoms with E-state index in [2.05, 4.69) is 52.4 Å². The molecule has 1 aliphatic carbocycles. The number of likely N-dealkylation sites (tertiary alicyclic amines) is 1. The number of benzene rings is 2. The summed E-state index contributed by atoms with van der Waals surface area (Å²) in [6, 6.07) is 19.4. The van der Waals surface area contributed by atoms with Gasteiger partial charge in [0.25, 0.3) is 5.91 Å². The predicted molar refractivity (Wildman–Crippen MR) is 161 cm³/mol. The van der Waals surface area contributed by atoms with Crippen LogP contribution < -0.4 is 5.32 Å². The molecule has 3 aromatic rings. The van der Waals surface area contributed by atoms with Crippen LogP contribution in [0.4, 0.5) is 0 Å². The summed E-state index contributed by atoms with van der Waals surface area (Å²) in [7, 11) is 0. The Morgan fingerprint density at radius 1 is 0.925 bits per heavy atom. The number of aromatic nitrogens is 1. The zero-order valence-corrected chi connectivity index (χ0v) is 24.0. The highest BCUT2D eigenvalue weighted by Gasteiger charge is 2.30. The van der Waals surface area contributed by atoms with Gasteiger partial charge in [-0.2, -0.15) is 0 Å². The van der Waals surface area contributed by atoms with E-state index in [1.807, 2.05) is 24.3 Å². The number of pyridine rings is 1. The molecule has 2 aliphatic heterocycles. The number of amides is 1. The molecule has 1 amide bonds. The molecule has 0 bridgehead atoms. The number of hydrogen-bond donors (Lipinski definition) is 1. The Hall–Kier alpha value is -2.80. The van der Waals surface area contributed by atoms with E-state index < -0.39 is 0 Å². The zero-order valence-electron chi connectivity index (χ0n) is 24.0. The molecule has 2 aromatic carbocycles. The van der Waals surface area contributed by atoms with Crippen molar-refractivity contribution < 1.29 is 9.53 Å². The Balaban J connectivity index is 1.33. The SMILES string of the molecule is C[C@H](NC(=O)c1c(CN2CCC(N3CCOCC3)CC2)c(-c2ccccc2)nc2ccccc12)C1CCCCC1. The first-order valence-electron chi connectivity index (χ1n) is 15.5. The van der Waals surface area contributed by atoms with Crippen LogP contribution in [-0.4, -0.2) is 72.2 Å². The number of rotatable bonds is 7. The van der Waals surface area contributed by atoms with Gasteiger partial charge in [0, 0.05) is 48.2 Å². The Bertz CT molecular complexity index is 1280. The van der Waals surface area contributed by atoms with Gasteiger partial charge in [0.15, 0.2) is 0 Å². The van der Waals surface area contributed by atoms with Gasteiger partial charge in [0.05, 0.1) is 30.0 Å². The second-order valence-electron chi connectivity index (χ2n) is 12.0. The predicted octanol–water partition coefficient (Wildman–Crippen LogP) is 5.90. The van der Waals surface area contributed by atoms with E-state index in [0.717, 1.165) is 92.1 Å². The monoisotopic (exact) mass is 540 g/mol. The summed E-state index contributed by atoms with van der Waals surface area (Å²) in [5, 5.41) is 4.41. The number of nitrogens with one attached hydrogen (secondary N) is 1. The highest BCUT2D eigenvalue weighted by molar-refractivity contribution is 6.09. The molecular formula is C34H44N4O2. The summed E-state index contributed by atoms with van der Waals surface area (Å²) in [6.45, 7) is 8.78. The van der Waals surface area contributed by atoms with Gasteiger partial charge in [0.2, 0.25) is 0 Å². The number of carbonyl (C=O) groups excluding carboxylic acids is 1. The third kappa shape index (κ3) is 6.09. The van der Waals surface area contributed by atoms with Crippen molar-refractivity contribution in [2.24, 2.45) is 5.92 Å². The van der Waals surface area contributed by atoms with E-state index in [-0.39, 0.29) is 11.9 Å². The number of nitrogens with zero attached hydrogens (tertiary/aromatic N) is 3. The zero-order chi connectivity index (χ0) is 27.3. The Kier molecular flexibility index (Phi) is 8.76. The molecule has 3 heterocycles. The van der Waals surface area contributed by atoms with Crippen LogP contribution in [-0.2, 0) is 11.3 Å². The molecule has 0 spiro atoms. The molecular weight excluding hydrogens is 496 g/mol. The lowest BCUT2D eigenvalue weighted by Crippen LogP contribution is -2.49. The van der Waals surface area contributed by atoms with Gasteiger partial charge in [0.1, 0.15) is 0 Å². The van der Waals surface area contributed by atoms with Crippen LogP contribution in [0.15, 0.2) is 54.6 Å². The Morgan fingerprint density at radius 2 is 1.62 bits per heavy atom. The summed E-state index contributed by atoms with van der Waals surface area (Å²) >= 11 is 0. The smallest absolute Gasteiger partial charge is 0.252 e. The largest absolute Gasteiger partial charge is 0.379 e. The molecule has 2 saturated heterocycles. The van der Waals surface area contributed by atoms with Gasteiger partial charge in [-0.1, -0.05) is 67.8 Å². The van der Waals surface area contributed by atoms with E-state index in [1.165, 1.54) is 32.1 Å². The van der Waals surface area contributed by atoms with Crippen molar-refractivity contribution in [3.05, 3.63) is 65.7 Å². The molecule has 1 saturated carbocycles. The molecule has 6 heteroatoms. The molecule has 1 atom stereocenters. The molecule has 212 valence electrons. The summed E-state index contributed by atoms with van der Waals surface area (Å²) < 4.78 is 5.59. The van der Waals surface area contributed by atoms with E-state index in [4.69, 9.17) is 9.72 Å². The number of fused-ring (bicyclic) bond motifs is 1. The number of ether oxygens (including phenoxy) is 1. The van der Waals surface area contributed by atoms with E-state index in [0.29, 0.717) is 12.0 Å². The minimum absolute atomic E-state index is 0.0482. The number of para-hydroxylation sites is 1. The minimum Gasteiger partial charge on any atom is -0.379 e. The second-order valence-corrected chi connectivity index (χ2v) is 12.0. The molecule has 0 radical (unpaired) electrons. The molecule has 1 aromatic heterocycles. The maximum atomic E-state index is 14.2. The molecule has 3 fully saturated rings. The minimum atomic E-state index is 0.0482. The molecule has 40 heavy (non-hydrogen) atoms. The Labute approximate surface area is 239 Å². The quantitative estimate of drug-likeness (QED) is 0.405. The molecule has 6 nitrogen and oxygen atoms in total. The highest BCUT2D eigenvalue weighted by Crippen LogP contribution is 2.33. The van der Waals surface area contributed by atoms with Crippen LogP contribution in [0.2, 0.25) is 0 Å². The van der Waals surface area contributed by atoms with E-state index in [9.17, 15) is 4.79 Å². The van der Waals surface area contributed by atoms with Crippen LogP contribution in [0, 0.1) is 5.92 Å². The maximum absolute atomic E-state index is 14.2. The first-order valence-corrected chi connectivity index (χ1v) is 15.5. The van der Waals surface area contributed by atoms with Crippen LogP contribution in [0.25, 0.3) is 22.2 Å². The molecule has 1 N–H and O–H groups in total. The van der Waals surface area contributed by atoms with Gasteiger partial charge in [-0.05, 0) is 57.7 Å². The highest BCUT2D eigenvalue weighted by atomic mass is 16.5. The van der Waals surface area contributed by atoms with E-state index in [1.54, 1.807) is 0 Å². The van der Waals surface area contributed by atoms with Crippen molar-refractivity contribution in [1.82, 2.24) is 20.1 Å². The van der Waals surface area contributed by atoms with Crippen molar-refractivity contribution in [3.63, 3.8) is 0 Å². The van der Waals surface area contributed by atoms with Gasteiger partial charge >= 0.3 is 0 Å². The topological polar surface area (TPSA) is 57.7 Å². The lowest BCUT2D eigenvalue weighted by Gasteiger charge is -2.40. The number of morpholine rings is 1. The third-order valence-corrected chi connectivity index (χ3v) is 9.48. The molecule has 0 unspecified atom stereocenters. The van der Waals surface area contributed by atoms with Gasteiger partial charge in [-0.25, -0.2) is 4.98 Å². The third-order valence-electron chi connectivity index (χ3n) is 9.48. The van der Waals surface area contributed by atoms with Crippen LogP contribution >= 0.6 is 0 Å². The fraction of sp³-hybridized carbons (Fsp3) is 0.529. The average molecular weight is 541 g/mol. The fourth-order valence-corrected chi connectivity index (χ4v) is 7.14. The Morgan fingerprint density at radius 3 is 2.38 bits per heavy atom. The van der Waals surface area contributed by atoms with Gasteiger partial charge < -0.3 is 10.1 Å². The first-order chi connectivity index (χ1) is 19.7. The van der Waals surface area contributed by atoms with Gasteiger partial charge in [-0.15, -0.1) is 0 Å². The maximum Gasteiger partial charge on any atom is 0.252 e. The average Bonchev–Trinajstić information content (AvgIpc) is 3.02. The standard InChI is InChI=1S/C34H44N4O2/c1-25(26-10-4-2-5-11-26)35-34(39)32-29-14-8-9-15-31(29)36-33(27-12-6-3-7-13-27)30(32)24-37-18-16-28(17-19-37)38-20-22-40-23-21-38/h3,6-9,12-15,25-26,28H,2,4-5,10-11,16-24H2,1H3,(H,35,39)/t25-/m0/s1. The number of hydrogen-bond acceptors (Lipinski definition) is 5. The number of piperidine rings is 1. The van der Waals surface area contributed by atoms with Crippen LogP contribution in [0.3, 0.4) is 0 Å². The van der Waals surface area contributed by atoms with Gasteiger partial charge in [-0.3, -0.25) is 14.6 Å². The van der Waals surface area contributed by atoms with Crippen molar-refractivity contribution in [3.8, 4) is 11.3 Å². The van der Waals surface area contributed by atoms with Crippen molar-refractivity contribution in [2.45, 2.75) is 70.5 Å². The summed E-state index contributed by atoms with van der Waals surface area (Å²) in [5.41, 5.74) is 4.75. The van der Waals surface area contributed by atoms with Crippen molar-refractivity contribution >= 4 is 16.8 Å². The molecule has 6 rings (SSSR count). The second kappa shape index (κ2) is 12.8. The summed E-state index contributed by atoms with van der Waals surface area (Å²) in [4.78, 5) is 24.6. The van der Waals surface area contributed by atoms with Crippen molar-refractivity contribution in [2.75, 3.05) is 39.4 Å². The first kappa shape index (κ1) is 27.4. The van der Waals surface area contributed by atoms with Crippen LogP contribution in [0.5, 0.6) is 0 Å². The lowest BCUT2D eigenvalue weighted by molar-refractivity contribution is 0.000225. The lowest BCUT2D eigenvalue weighted by atomic mass is 9.84. The fourth-order valence-electron chi connectivity index (χ4n) is 7.14. The summed E-state index contributed by atoms with van der Waals surface area (Å²) in [5.74, 6) is 0.606. The number of carbonyl (C=O) groups is 1. The van der Waals surface area contributed by atoms with Crippen molar-refractivity contribution in [1.29, 1.82) is 0 Å².